The average molecular weight is 327 g/mol. The van der Waals surface area contributed by atoms with Crippen LogP contribution >= 0.6 is 0 Å². The van der Waals surface area contributed by atoms with Crippen molar-refractivity contribution in [1.82, 2.24) is 10.6 Å². The average Bonchev–Trinajstić information content (AvgIpc) is 3.17. The highest BCUT2D eigenvalue weighted by molar-refractivity contribution is 5.79. The lowest BCUT2D eigenvalue weighted by Gasteiger charge is -2.28. The number of guanidine groups is 1. The minimum Gasteiger partial charge on any atom is -0.396 e. The van der Waals surface area contributed by atoms with Crippen molar-refractivity contribution < 1.29 is 14.6 Å². The molecule has 1 heterocycles. The van der Waals surface area contributed by atoms with Crippen molar-refractivity contribution in [2.75, 3.05) is 53.2 Å². The van der Waals surface area contributed by atoms with Gasteiger partial charge in [0.1, 0.15) is 0 Å². The topological polar surface area (TPSA) is 75.1 Å². The molecule has 0 amide bonds. The first-order valence-electron chi connectivity index (χ1n) is 8.88. The lowest BCUT2D eigenvalue weighted by atomic mass is 9.84. The molecular formula is C17H33N3O3. The molecule has 1 saturated carbocycles. The van der Waals surface area contributed by atoms with Crippen LogP contribution in [0.15, 0.2) is 4.99 Å². The Bertz CT molecular complexity index is 377. The van der Waals surface area contributed by atoms with E-state index >= 15 is 0 Å². The predicted octanol–water partition coefficient (Wildman–Crippen LogP) is 1.15. The predicted molar refractivity (Wildman–Crippen MR) is 91.7 cm³/mol. The number of ether oxygens (including phenoxy) is 2. The molecule has 0 aromatic carbocycles. The summed E-state index contributed by atoms with van der Waals surface area (Å²) in [6, 6.07) is 0. The first-order chi connectivity index (χ1) is 11.2. The van der Waals surface area contributed by atoms with Gasteiger partial charge in [0.25, 0.3) is 0 Å². The zero-order chi connectivity index (χ0) is 16.6. The normalized spacial score (nSPS) is 26.3. The Morgan fingerprint density at radius 2 is 1.91 bits per heavy atom. The number of hydrogen-bond acceptors (Lipinski definition) is 4. The van der Waals surface area contributed by atoms with E-state index in [9.17, 15) is 5.11 Å². The lowest BCUT2D eigenvalue weighted by Crippen LogP contribution is -2.46. The summed E-state index contributed by atoms with van der Waals surface area (Å²) in [5, 5.41) is 16.2. The minimum absolute atomic E-state index is 0.0403. The van der Waals surface area contributed by atoms with E-state index in [-0.39, 0.29) is 12.0 Å². The van der Waals surface area contributed by atoms with Crippen LogP contribution in [0.25, 0.3) is 0 Å². The second-order valence-corrected chi connectivity index (χ2v) is 7.00. The molecule has 0 radical (unpaired) electrons. The summed E-state index contributed by atoms with van der Waals surface area (Å²) in [4.78, 5) is 4.33. The molecule has 134 valence electrons. The molecule has 0 spiro atoms. The second kappa shape index (κ2) is 8.85. The maximum absolute atomic E-state index is 9.29. The third-order valence-corrected chi connectivity index (χ3v) is 5.25. The maximum Gasteiger partial charge on any atom is 0.191 e. The molecule has 1 unspecified atom stereocenters. The van der Waals surface area contributed by atoms with Gasteiger partial charge < -0.3 is 25.2 Å². The molecule has 2 fully saturated rings. The second-order valence-electron chi connectivity index (χ2n) is 7.00. The first-order valence-corrected chi connectivity index (χ1v) is 8.88. The summed E-state index contributed by atoms with van der Waals surface area (Å²) < 4.78 is 11.0. The van der Waals surface area contributed by atoms with Crippen molar-refractivity contribution in [1.29, 1.82) is 0 Å². The molecule has 1 saturated heterocycles. The molecule has 6 heteroatoms. The molecule has 2 rings (SSSR count). The lowest BCUT2D eigenvalue weighted by molar-refractivity contribution is 0.127. The van der Waals surface area contributed by atoms with Crippen LogP contribution in [0.1, 0.15) is 39.0 Å². The Kier molecular flexibility index (Phi) is 7.11. The van der Waals surface area contributed by atoms with Crippen LogP contribution in [0, 0.1) is 10.8 Å². The summed E-state index contributed by atoms with van der Waals surface area (Å²) in [6.45, 7) is 7.13. The van der Waals surface area contributed by atoms with Gasteiger partial charge in [-0.3, -0.25) is 4.99 Å². The summed E-state index contributed by atoms with van der Waals surface area (Å²) in [5.74, 6) is 0.844. The smallest absolute Gasteiger partial charge is 0.191 e. The SMILES string of the molecule is CCOCCC1(CNC(=NC)NCC2(CCO)CCOC2)CC1. The molecule has 23 heavy (non-hydrogen) atoms. The van der Waals surface area contributed by atoms with E-state index in [0.717, 1.165) is 64.7 Å². The van der Waals surface area contributed by atoms with Crippen LogP contribution in [0.2, 0.25) is 0 Å². The third-order valence-electron chi connectivity index (χ3n) is 5.25. The Morgan fingerprint density at radius 3 is 2.43 bits per heavy atom. The molecule has 1 atom stereocenters. The summed E-state index contributed by atoms with van der Waals surface area (Å²) in [7, 11) is 1.80. The first kappa shape index (κ1) is 18.5. The van der Waals surface area contributed by atoms with E-state index in [2.05, 4.69) is 15.6 Å². The van der Waals surface area contributed by atoms with E-state index < -0.39 is 0 Å². The monoisotopic (exact) mass is 327 g/mol. The minimum atomic E-state index is 0.0403. The number of rotatable bonds is 10. The molecular weight excluding hydrogens is 294 g/mol. The summed E-state index contributed by atoms with van der Waals surface area (Å²) >= 11 is 0. The number of aliphatic imine (C=N–C) groups is 1. The van der Waals surface area contributed by atoms with Crippen LogP contribution < -0.4 is 10.6 Å². The van der Waals surface area contributed by atoms with Gasteiger partial charge in [-0.2, -0.15) is 0 Å². The molecule has 0 bridgehead atoms. The van der Waals surface area contributed by atoms with Crippen LogP contribution in [0.3, 0.4) is 0 Å². The van der Waals surface area contributed by atoms with Crippen molar-refractivity contribution in [3.63, 3.8) is 0 Å². The highest BCUT2D eigenvalue weighted by atomic mass is 16.5. The van der Waals surface area contributed by atoms with Crippen LogP contribution in [0.4, 0.5) is 0 Å². The van der Waals surface area contributed by atoms with E-state index in [0.29, 0.717) is 5.41 Å². The van der Waals surface area contributed by atoms with Gasteiger partial charge in [-0.05, 0) is 44.4 Å². The number of nitrogens with zero attached hydrogens (tertiary/aromatic N) is 1. The van der Waals surface area contributed by atoms with Crippen molar-refractivity contribution in [2.24, 2.45) is 15.8 Å². The number of nitrogens with one attached hydrogen (secondary N) is 2. The summed E-state index contributed by atoms with van der Waals surface area (Å²) in [6.07, 6.45) is 5.43. The Morgan fingerprint density at radius 1 is 1.17 bits per heavy atom. The fraction of sp³-hybridized carbons (Fsp3) is 0.941. The van der Waals surface area contributed by atoms with Gasteiger partial charge in [-0.1, -0.05) is 0 Å². The number of hydrogen-bond donors (Lipinski definition) is 3. The molecule has 2 aliphatic rings. The fourth-order valence-electron chi connectivity index (χ4n) is 3.20. The quantitative estimate of drug-likeness (QED) is 0.319. The van der Waals surface area contributed by atoms with Gasteiger partial charge in [0.2, 0.25) is 0 Å². The van der Waals surface area contributed by atoms with Crippen LogP contribution in [0.5, 0.6) is 0 Å². The van der Waals surface area contributed by atoms with Gasteiger partial charge in [0.15, 0.2) is 5.96 Å². The molecule has 6 nitrogen and oxygen atoms in total. The molecule has 1 aliphatic carbocycles. The fourth-order valence-corrected chi connectivity index (χ4v) is 3.20. The standard InChI is InChI=1S/C17H33N3O3/c1-3-22-10-7-16(4-5-16)12-19-15(18-2)20-13-17(6-9-21)8-11-23-14-17/h21H,3-14H2,1-2H3,(H2,18,19,20). The molecule has 1 aliphatic heterocycles. The zero-order valence-electron chi connectivity index (χ0n) is 14.7. The molecule has 0 aromatic rings. The number of aliphatic hydroxyl groups is 1. The van der Waals surface area contributed by atoms with Crippen molar-refractivity contribution in [2.45, 2.75) is 39.0 Å². The van der Waals surface area contributed by atoms with Crippen molar-refractivity contribution in [3.8, 4) is 0 Å². The number of aliphatic hydroxyl groups excluding tert-OH is 1. The van der Waals surface area contributed by atoms with Gasteiger partial charge in [-0.25, -0.2) is 0 Å². The Labute approximate surface area is 140 Å². The van der Waals surface area contributed by atoms with Crippen molar-refractivity contribution in [3.05, 3.63) is 0 Å². The Hall–Kier alpha value is -0.850. The highest BCUT2D eigenvalue weighted by Gasteiger charge is 2.42. The van der Waals surface area contributed by atoms with Gasteiger partial charge in [0.05, 0.1) is 6.61 Å². The van der Waals surface area contributed by atoms with Gasteiger partial charge in [0, 0.05) is 52.0 Å². The van der Waals surface area contributed by atoms with Crippen molar-refractivity contribution >= 4 is 5.96 Å². The van der Waals surface area contributed by atoms with Crippen LogP contribution in [-0.2, 0) is 9.47 Å². The highest BCUT2D eigenvalue weighted by Crippen LogP contribution is 2.48. The van der Waals surface area contributed by atoms with E-state index in [4.69, 9.17) is 9.47 Å². The molecule has 3 N–H and O–H groups in total. The Balaban J connectivity index is 1.73. The summed E-state index contributed by atoms with van der Waals surface area (Å²) in [5.41, 5.74) is 0.435. The van der Waals surface area contributed by atoms with E-state index in [1.807, 2.05) is 6.92 Å². The zero-order valence-corrected chi connectivity index (χ0v) is 14.7. The van der Waals surface area contributed by atoms with Gasteiger partial charge in [-0.15, -0.1) is 0 Å². The van der Waals surface area contributed by atoms with E-state index in [1.165, 1.54) is 12.8 Å². The largest absolute Gasteiger partial charge is 0.396 e. The maximum atomic E-state index is 9.29. The molecule has 0 aromatic heterocycles. The van der Waals surface area contributed by atoms with Crippen LogP contribution in [-0.4, -0.2) is 64.2 Å². The van der Waals surface area contributed by atoms with E-state index in [1.54, 1.807) is 7.05 Å². The third kappa shape index (κ3) is 5.62. The van der Waals surface area contributed by atoms with Gasteiger partial charge >= 0.3 is 0 Å².